The molecule has 0 N–H and O–H groups in total. The Morgan fingerprint density at radius 2 is 1.80 bits per heavy atom. The van der Waals surface area contributed by atoms with Crippen LogP contribution >= 0.6 is 11.6 Å². The van der Waals surface area contributed by atoms with Crippen molar-refractivity contribution in [1.82, 2.24) is 9.99 Å². The second-order valence-electron chi connectivity index (χ2n) is 8.40. The Hall–Kier alpha value is -3.61. The summed E-state index contributed by atoms with van der Waals surface area (Å²) in [5.41, 5.74) is 5.35. The predicted octanol–water partition coefficient (Wildman–Crippen LogP) is 6.33. The predicted molar refractivity (Wildman–Crippen MR) is 136 cm³/mol. The fraction of sp³-hybridized carbons (Fsp3) is 0.179. The molecule has 35 heavy (non-hydrogen) atoms. The van der Waals surface area contributed by atoms with E-state index in [2.05, 4.69) is 0 Å². The van der Waals surface area contributed by atoms with Crippen molar-refractivity contribution in [1.29, 1.82) is 0 Å². The zero-order valence-corrected chi connectivity index (χ0v) is 20.1. The summed E-state index contributed by atoms with van der Waals surface area (Å²) in [4.78, 5) is 17.8. The normalized spacial score (nSPS) is 15.5. The van der Waals surface area contributed by atoms with Crippen LogP contribution < -0.4 is 0 Å². The molecule has 0 bridgehead atoms. The lowest BCUT2D eigenvalue weighted by Gasteiger charge is -2.23. The number of para-hydroxylation sites is 1. The number of pyridine rings is 1. The highest BCUT2D eigenvalue weighted by Crippen LogP contribution is 2.41. The summed E-state index contributed by atoms with van der Waals surface area (Å²) in [5.74, 6) is -0.856. The Bertz CT molecular complexity index is 1440. The van der Waals surface area contributed by atoms with E-state index in [4.69, 9.17) is 26.4 Å². The van der Waals surface area contributed by atoms with E-state index in [-0.39, 0.29) is 29.5 Å². The van der Waals surface area contributed by atoms with Crippen molar-refractivity contribution < 1.29 is 13.9 Å². The molecule has 1 amide bonds. The lowest BCUT2D eigenvalue weighted by Crippen LogP contribution is -2.30. The van der Waals surface area contributed by atoms with E-state index in [0.29, 0.717) is 5.71 Å². The van der Waals surface area contributed by atoms with Gasteiger partial charge in [-0.15, -0.1) is 0 Å². The Kier molecular flexibility index (Phi) is 6.32. The van der Waals surface area contributed by atoms with Gasteiger partial charge in [0.15, 0.2) is 0 Å². The fourth-order valence-corrected chi connectivity index (χ4v) is 5.02. The molecule has 1 aliphatic rings. The highest BCUT2D eigenvalue weighted by molar-refractivity contribution is 6.31. The van der Waals surface area contributed by atoms with Crippen LogP contribution in [0.4, 0.5) is 4.39 Å². The van der Waals surface area contributed by atoms with Crippen LogP contribution in [0.1, 0.15) is 29.3 Å². The molecule has 0 saturated heterocycles. The minimum atomic E-state index is -0.698. The van der Waals surface area contributed by atoms with Gasteiger partial charge in [-0.25, -0.2) is 9.40 Å². The maximum absolute atomic E-state index is 15.0. The van der Waals surface area contributed by atoms with Gasteiger partial charge in [0.2, 0.25) is 0 Å². The molecule has 0 aliphatic carbocycles. The van der Waals surface area contributed by atoms with E-state index in [1.54, 1.807) is 12.1 Å². The molecule has 1 aromatic heterocycles. The Balaban J connectivity index is 1.73. The van der Waals surface area contributed by atoms with Gasteiger partial charge in [-0.1, -0.05) is 66.2 Å². The first-order valence-electron chi connectivity index (χ1n) is 11.3. The molecule has 0 radical (unpaired) electrons. The van der Waals surface area contributed by atoms with Crippen LogP contribution in [-0.2, 0) is 9.53 Å². The molecule has 5 rings (SSSR count). The average molecular weight is 488 g/mol. The molecule has 176 valence electrons. The summed E-state index contributed by atoms with van der Waals surface area (Å²) in [6, 6.07) is 21.8. The molecular weight excluding hydrogens is 465 g/mol. The minimum Gasteiger partial charge on any atom is -0.375 e. The van der Waals surface area contributed by atoms with Crippen molar-refractivity contribution in [2.45, 2.75) is 19.4 Å². The monoisotopic (exact) mass is 487 g/mol. The zero-order valence-electron chi connectivity index (χ0n) is 19.3. The van der Waals surface area contributed by atoms with E-state index < -0.39 is 11.9 Å². The quantitative estimate of drug-likeness (QED) is 0.330. The van der Waals surface area contributed by atoms with Crippen LogP contribution in [0.2, 0.25) is 5.02 Å². The maximum Gasteiger partial charge on any atom is 0.269 e. The first-order valence-corrected chi connectivity index (χ1v) is 11.6. The fourth-order valence-electron chi connectivity index (χ4n) is 4.73. The van der Waals surface area contributed by atoms with Crippen LogP contribution in [-0.4, -0.2) is 35.3 Å². The number of aryl methyl sites for hydroxylation is 1. The summed E-state index contributed by atoms with van der Waals surface area (Å²) in [6.45, 7) is 1.75. The summed E-state index contributed by atoms with van der Waals surface area (Å²) in [6.07, 6.45) is 0.288. The third-order valence-corrected chi connectivity index (χ3v) is 6.52. The second-order valence-corrected chi connectivity index (χ2v) is 8.81. The number of nitrogens with zero attached hydrogens (tertiary/aromatic N) is 3. The SMILES string of the molecule is COCC(=O)N1N=C(c2c(C)nc3ccccc3c2-c2ccccc2)C[C@H]1c1c(F)cccc1Cl. The number of fused-ring (bicyclic) bond motifs is 1. The van der Waals surface area contributed by atoms with Crippen molar-refractivity contribution in [3.63, 3.8) is 0 Å². The smallest absolute Gasteiger partial charge is 0.269 e. The van der Waals surface area contributed by atoms with Crippen molar-refractivity contribution >= 4 is 34.1 Å². The zero-order chi connectivity index (χ0) is 24.5. The number of ether oxygens (including phenoxy) is 1. The largest absolute Gasteiger partial charge is 0.375 e. The van der Waals surface area contributed by atoms with Gasteiger partial charge in [0, 0.05) is 46.3 Å². The van der Waals surface area contributed by atoms with E-state index in [1.807, 2.05) is 61.5 Å². The van der Waals surface area contributed by atoms with E-state index in [0.717, 1.165) is 33.3 Å². The van der Waals surface area contributed by atoms with Crippen LogP contribution in [0, 0.1) is 12.7 Å². The standard InChI is InChI=1S/C28H23ClFN3O2/c1-17-26(27(18-9-4-3-5-10-18)19-11-6-7-14-22(19)31-17)23-15-24(33(32-23)25(34)16-35-2)28-20(29)12-8-13-21(28)30/h3-14,24H,15-16H2,1-2H3/t24-/m0/s1. The number of benzene rings is 3. The van der Waals surface area contributed by atoms with Gasteiger partial charge in [0.25, 0.3) is 5.91 Å². The third kappa shape index (κ3) is 4.20. The number of methoxy groups -OCH3 is 1. The van der Waals surface area contributed by atoms with E-state index in [1.165, 1.54) is 18.2 Å². The van der Waals surface area contributed by atoms with Crippen molar-refractivity contribution in [2.24, 2.45) is 5.10 Å². The summed E-state index contributed by atoms with van der Waals surface area (Å²) in [7, 11) is 1.44. The number of hydrazone groups is 1. The lowest BCUT2D eigenvalue weighted by atomic mass is 9.89. The first kappa shape index (κ1) is 23.1. The van der Waals surface area contributed by atoms with Gasteiger partial charge >= 0.3 is 0 Å². The number of halogens is 2. The Labute approximate surface area is 207 Å². The molecule has 5 nitrogen and oxygen atoms in total. The van der Waals surface area contributed by atoms with Crippen LogP contribution in [0.5, 0.6) is 0 Å². The number of hydrogen-bond donors (Lipinski definition) is 0. The van der Waals surface area contributed by atoms with E-state index >= 15 is 0 Å². The summed E-state index contributed by atoms with van der Waals surface area (Å²) >= 11 is 6.41. The van der Waals surface area contributed by atoms with Crippen molar-refractivity contribution in [3.05, 3.63) is 100 Å². The molecule has 1 atom stereocenters. The average Bonchev–Trinajstić information content (AvgIpc) is 3.28. The van der Waals surface area contributed by atoms with Gasteiger partial charge in [0.1, 0.15) is 12.4 Å². The van der Waals surface area contributed by atoms with Gasteiger partial charge in [-0.3, -0.25) is 9.78 Å². The molecule has 0 fully saturated rings. The minimum absolute atomic E-state index is 0.181. The number of carbonyl (C=O) groups excluding carboxylic acids is 1. The third-order valence-electron chi connectivity index (χ3n) is 6.19. The molecule has 0 saturated carbocycles. The lowest BCUT2D eigenvalue weighted by molar-refractivity contribution is -0.137. The number of rotatable bonds is 5. The van der Waals surface area contributed by atoms with Crippen LogP contribution in [0.15, 0.2) is 77.9 Å². The molecule has 0 spiro atoms. The second kappa shape index (κ2) is 9.56. The molecule has 3 aromatic carbocycles. The Morgan fingerprint density at radius 1 is 1.06 bits per heavy atom. The van der Waals surface area contributed by atoms with Crippen LogP contribution in [0.25, 0.3) is 22.0 Å². The van der Waals surface area contributed by atoms with E-state index in [9.17, 15) is 9.18 Å². The highest BCUT2D eigenvalue weighted by atomic mass is 35.5. The van der Waals surface area contributed by atoms with Crippen molar-refractivity contribution in [2.75, 3.05) is 13.7 Å². The molecule has 4 aromatic rings. The van der Waals surface area contributed by atoms with Gasteiger partial charge in [-0.05, 0) is 30.7 Å². The summed E-state index contributed by atoms with van der Waals surface area (Å²) < 4.78 is 20.0. The van der Waals surface area contributed by atoms with Gasteiger partial charge < -0.3 is 4.74 Å². The molecule has 1 aliphatic heterocycles. The number of amides is 1. The molecule has 0 unspecified atom stereocenters. The number of carbonyl (C=O) groups is 1. The Morgan fingerprint density at radius 3 is 2.54 bits per heavy atom. The molecular formula is C28H23ClFN3O2. The topological polar surface area (TPSA) is 54.8 Å². The van der Waals surface area contributed by atoms with Gasteiger partial charge in [0.05, 0.1) is 17.3 Å². The maximum atomic E-state index is 15.0. The molecule has 2 heterocycles. The number of hydrogen-bond acceptors (Lipinski definition) is 4. The summed E-state index contributed by atoms with van der Waals surface area (Å²) in [5, 5.41) is 7.25. The molecule has 7 heteroatoms. The first-order chi connectivity index (χ1) is 17.0. The van der Waals surface area contributed by atoms with Crippen molar-refractivity contribution in [3.8, 4) is 11.1 Å². The highest BCUT2D eigenvalue weighted by Gasteiger charge is 2.37. The van der Waals surface area contributed by atoms with Gasteiger partial charge in [-0.2, -0.15) is 5.10 Å². The van der Waals surface area contributed by atoms with Crippen LogP contribution in [0.3, 0.4) is 0 Å². The number of aromatic nitrogens is 1.